The number of methoxy groups -OCH3 is 2. The van der Waals surface area contributed by atoms with Gasteiger partial charge in [-0.25, -0.2) is 4.79 Å². The topological polar surface area (TPSA) is 78.5 Å². The van der Waals surface area contributed by atoms with Gasteiger partial charge in [0.2, 0.25) is 0 Å². The summed E-state index contributed by atoms with van der Waals surface area (Å²) in [5, 5.41) is 3.38. The number of ether oxygens (including phenoxy) is 5. The highest BCUT2D eigenvalue weighted by molar-refractivity contribution is 5.77. The highest BCUT2D eigenvalue weighted by Crippen LogP contribution is 2.47. The van der Waals surface area contributed by atoms with E-state index in [0.717, 1.165) is 16.8 Å². The van der Waals surface area contributed by atoms with Crippen LogP contribution in [0.25, 0.3) is 0 Å². The van der Waals surface area contributed by atoms with E-state index >= 15 is 0 Å². The van der Waals surface area contributed by atoms with Gasteiger partial charge in [-0.3, -0.25) is 4.90 Å². The number of nitrogens with zero attached hydrogens (tertiary/aromatic N) is 1. The molecule has 1 amide bonds. The van der Waals surface area contributed by atoms with E-state index in [0.29, 0.717) is 36.2 Å². The van der Waals surface area contributed by atoms with Gasteiger partial charge in [-0.05, 0) is 23.8 Å². The van der Waals surface area contributed by atoms with Crippen molar-refractivity contribution >= 4 is 11.8 Å². The lowest BCUT2D eigenvalue weighted by Crippen LogP contribution is -2.46. The van der Waals surface area contributed by atoms with Crippen molar-refractivity contribution in [2.24, 2.45) is 0 Å². The number of hydrogen-bond donors (Lipinski definition) is 1. The van der Waals surface area contributed by atoms with Crippen LogP contribution in [0.4, 0.5) is 10.5 Å². The fraction of sp³-hybridized carbons (Fsp3) is 0.350. The standard InChI is InChI=1S/C20H20N2O6/c1-24-12-5-11(6-13(7-12)25-2)19-14-8-16-17(27-4-3-26-16)9-15(14)21-18-10-28-20(23)22(18)19/h5-9,18-19,21H,3-4,10H2,1-2H3/t18-,19+/m0/s1. The zero-order valence-electron chi connectivity index (χ0n) is 15.6. The van der Waals surface area contributed by atoms with Crippen molar-refractivity contribution in [2.45, 2.75) is 12.2 Å². The van der Waals surface area contributed by atoms with Crippen molar-refractivity contribution in [3.8, 4) is 23.0 Å². The third-order valence-electron chi connectivity index (χ3n) is 5.21. The molecule has 28 heavy (non-hydrogen) atoms. The van der Waals surface area contributed by atoms with E-state index in [1.165, 1.54) is 0 Å². The Balaban J connectivity index is 1.70. The quantitative estimate of drug-likeness (QED) is 0.872. The summed E-state index contributed by atoms with van der Waals surface area (Å²) in [6, 6.07) is 9.08. The van der Waals surface area contributed by atoms with Crippen molar-refractivity contribution in [2.75, 3.05) is 39.4 Å². The van der Waals surface area contributed by atoms with Crippen LogP contribution in [0.1, 0.15) is 17.2 Å². The number of anilines is 1. The zero-order chi connectivity index (χ0) is 19.3. The van der Waals surface area contributed by atoms with Crippen LogP contribution in [-0.2, 0) is 4.74 Å². The molecular weight excluding hydrogens is 364 g/mol. The Labute approximate surface area is 161 Å². The number of benzene rings is 2. The van der Waals surface area contributed by atoms with Crippen molar-refractivity contribution in [3.63, 3.8) is 0 Å². The Morgan fingerprint density at radius 2 is 1.64 bits per heavy atom. The molecule has 8 heteroatoms. The number of carbonyl (C=O) groups is 1. The Kier molecular flexibility index (Phi) is 3.85. The lowest BCUT2D eigenvalue weighted by atomic mass is 9.92. The summed E-state index contributed by atoms with van der Waals surface area (Å²) in [4.78, 5) is 14.2. The summed E-state index contributed by atoms with van der Waals surface area (Å²) in [6.45, 7) is 1.27. The van der Waals surface area contributed by atoms with Gasteiger partial charge in [0, 0.05) is 23.4 Å². The molecule has 1 saturated heterocycles. The largest absolute Gasteiger partial charge is 0.497 e. The zero-order valence-corrected chi connectivity index (χ0v) is 15.6. The molecule has 3 aliphatic heterocycles. The molecule has 0 unspecified atom stereocenters. The maximum Gasteiger partial charge on any atom is 0.412 e. The molecule has 2 aromatic rings. The van der Waals surface area contributed by atoms with Crippen LogP contribution in [0.3, 0.4) is 0 Å². The molecule has 0 saturated carbocycles. The summed E-state index contributed by atoms with van der Waals surface area (Å²) in [5.41, 5.74) is 2.64. The predicted octanol–water partition coefficient (Wildman–Crippen LogP) is 2.77. The number of rotatable bonds is 3. The number of nitrogens with one attached hydrogen (secondary N) is 1. The SMILES string of the molecule is COc1cc(OC)cc([C@@H]2c3cc4c(cc3N[C@@H]3COC(=O)N23)OCCO4)c1. The van der Waals surface area contributed by atoms with Gasteiger partial charge in [0.1, 0.15) is 37.5 Å². The fourth-order valence-electron chi connectivity index (χ4n) is 3.94. The molecule has 0 spiro atoms. The van der Waals surface area contributed by atoms with Crippen molar-refractivity contribution in [3.05, 3.63) is 41.5 Å². The van der Waals surface area contributed by atoms with Gasteiger partial charge in [-0.1, -0.05) is 0 Å². The summed E-state index contributed by atoms with van der Waals surface area (Å²) < 4.78 is 27.7. The van der Waals surface area contributed by atoms with E-state index in [-0.39, 0.29) is 24.9 Å². The first kappa shape index (κ1) is 16.9. The van der Waals surface area contributed by atoms with Crippen LogP contribution in [0.15, 0.2) is 30.3 Å². The van der Waals surface area contributed by atoms with E-state index in [2.05, 4.69) is 5.32 Å². The Hall–Kier alpha value is -3.29. The molecule has 146 valence electrons. The van der Waals surface area contributed by atoms with Crippen molar-refractivity contribution < 1.29 is 28.5 Å². The third-order valence-corrected chi connectivity index (χ3v) is 5.21. The minimum Gasteiger partial charge on any atom is -0.497 e. The molecular formula is C20H20N2O6. The molecule has 5 rings (SSSR count). The first-order chi connectivity index (χ1) is 13.7. The number of cyclic esters (lactones) is 1. The summed E-state index contributed by atoms with van der Waals surface area (Å²) >= 11 is 0. The lowest BCUT2D eigenvalue weighted by molar-refractivity contribution is 0.149. The number of fused-ring (bicyclic) bond motifs is 3. The maximum atomic E-state index is 12.5. The number of carbonyl (C=O) groups excluding carboxylic acids is 1. The first-order valence-corrected chi connectivity index (χ1v) is 9.06. The van der Waals surface area contributed by atoms with E-state index < -0.39 is 0 Å². The Morgan fingerprint density at radius 1 is 0.964 bits per heavy atom. The van der Waals surface area contributed by atoms with Gasteiger partial charge in [0.05, 0.1) is 20.3 Å². The smallest absolute Gasteiger partial charge is 0.412 e. The molecule has 2 atom stereocenters. The van der Waals surface area contributed by atoms with Crippen molar-refractivity contribution in [1.82, 2.24) is 4.90 Å². The molecule has 1 fully saturated rings. The lowest BCUT2D eigenvalue weighted by Gasteiger charge is -2.39. The van der Waals surface area contributed by atoms with Crippen LogP contribution in [0.5, 0.6) is 23.0 Å². The molecule has 0 aromatic heterocycles. The molecule has 0 aliphatic carbocycles. The normalized spacial score (nSPS) is 21.9. The highest BCUT2D eigenvalue weighted by atomic mass is 16.6. The van der Waals surface area contributed by atoms with Gasteiger partial charge in [0.15, 0.2) is 11.5 Å². The van der Waals surface area contributed by atoms with Gasteiger partial charge in [0.25, 0.3) is 0 Å². The molecule has 8 nitrogen and oxygen atoms in total. The average Bonchev–Trinajstić information content (AvgIpc) is 3.10. The van der Waals surface area contributed by atoms with Crippen molar-refractivity contribution in [1.29, 1.82) is 0 Å². The maximum absolute atomic E-state index is 12.5. The van der Waals surface area contributed by atoms with Crippen LogP contribution in [0.2, 0.25) is 0 Å². The first-order valence-electron chi connectivity index (χ1n) is 9.06. The molecule has 2 aromatic carbocycles. The van der Waals surface area contributed by atoms with Crippen LogP contribution in [-0.4, -0.2) is 51.2 Å². The van der Waals surface area contributed by atoms with E-state index in [1.807, 2.05) is 24.3 Å². The van der Waals surface area contributed by atoms with E-state index in [1.54, 1.807) is 25.2 Å². The highest BCUT2D eigenvalue weighted by Gasteiger charge is 2.45. The molecule has 3 aliphatic rings. The monoisotopic (exact) mass is 384 g/mol. The minimum absolute atomic E-state index is 0.268. The Morgan fingerprint density at radius 3 is 2.32 bits per heavy atom. The summed E-state index contributed by atoms with van der Waals surface area (Å²) in [6.07, 6.45) is -0.644. The molecule has 1 N–H and O–H groups in total. The van der Waals surface area contributed by atoms with Gasteiger partial charge >= 0.3 is 6.09 Å². The van der Waals surface area contributed by atoms with Gasteiger partial charge in [-0.15, -0.1) is 0 Å². The molecule has 3 heterocycles. The summed E-state index contributed by atoms with van der Waals surface area (Å²) in [5.74, 6) is 2.66. The van der Waals surface area contributed by atoms with Crippen LogP contribution < -0.4 is 24.3 Å². The van der Waals surface area contributed by atoms with E-state index in [4.69, 9.17) is 23.7 Å². The predicted molar refractivity (Wildman–Crippen MR) is 99.4 cm³/mol. The third kappa shape index (κ3) is 2.56. The number of hydrogen-bond acceptors (Lipinski definition) is 7. The second-order valence-electron chi connectivity index (χ2n) is 6.78. The second kappa shape index (κ2) is 6.40. The van der Waals surface area contributed by atoms with E-state index in [9.17, 15) is 4.79 Å². The fourth-order valence-corrected chi connectivity index (χ4v) is 3.94. The second-order valence-corrected chi connectivity index (χ2v) is 6.78. The average molecular weight is 384 g/mol. The number of amides is 1. The minimum atomic E-state index is -0.379. The van der Waals surface area contributed by atoms with Gasteiger partial charge < -0.3 is 29.0 Å². The van der Waals surface area contributed by atoms with Gasteiger partial charge in [-0.2, -0.15) is 0 Å². The van der Waals surface area contributed by atoms with Crippen LogP contribution in [0, 0.1) is 0 Å². The molecule has 0 radical (unpaired) electrons. The van der Waals surface area contributed by atoms with Crippen LogP contribution >= 0.6 is 0 Å². The Bertz CT molecular complexity index is 924. The summed E-state index contributed by atoms with van der Waals surface area (Å²) in [7, 11) is 3.20. The molecule has 0 bridgehead atoms.